The summed E-state index contributed by atoms with van der Waals surface area (Å²) in [6.45, 7) is 0. The molecule has 1 aromatic carbocycles. The molecule has 0 bridgehead atoms. The third-order valence-corrected chi connectivity index (χ3v) is 3.89. The minimum Gasteiger partial charge on any atom is -0.353 e. The van der Waals surface area contributed by atoms with Crippen LogP contribution < -0.4 is 0 Å². The van der Waals surface area contributed by atoms with Crippen LogP contribution in [0.3, 0.4) is 0 Å². The van der Waals surface area contributed by atoms with Gasteiger partial charge in [-0.25, -0.2) is 0 Å². The van der Waals surface area contributed by atoms with E-state index in [-0.39, 0.29) is 0 Å². The van der Waals surface area contributed by atoms with Crippen LogP contribution in [0.25, 0.3) is 43.7 Å². The van der Waals surface area contributed by atoms with E-state index in [0.29, 0.717) is 0 Å². The zero-order valence-electron chi connectivity index (χ0n) is 10.5. The predicted molar refractivity (Wildman–Crippen MR) is 80.8 cm³/mol. The summed E-state index contributed by atoms with van der Waals surface area (Å²) in [6, 6.07) is 10.2. The van der Waals surface area contributed by atoms with Crippen LogP contribution in [0.15, 0.2) is 48.9 Å². The maximum atomic E-state index is 4.64. The molecule has 4 nitrogen and oxygen atoms in total. The van der Waals surface area contributed by atoms with Crippen LogP contribution in [-0.2, 0) is 0 Å². The fraction of sp³-hybridized carbons (Fsp3) is 0. The number of aromatic amines is 2. The van der Waals surface area contributed by atoms with E-state index < -0.39 is 0 Å². The highest BCUT2D eigenvalue weighted by atomic mass is 14.8. The van der Waals surface area contributed by atoms with E-state index in [4.69, 9.17) is 0 Å². The number of fused-ring (bicyclic) bond motifs is 7. The van der Waals surface area contributed by atoms with Crippen LogP contribution >= 0.6 is 0 Å². The predicted octanol–water partition coefficient (Wildman–Crippen LogP) is 3.75. The maximum absolute atomic E-state index is 4.64. The lowest BCUT2D eigenvalue weighted by atomic mass is 10.2. The molecule has 0 aliphatic heterocycles. The first-order valence-corrected chi connectivity index (χ1v) is 6.52. The lowest BCUT2D eigenvalue weighted by Crippen LogP contribution is -1.77. The van der Waals surface area contributed by atoms with Crippen molar-refractivity contribution in [1.82, 2.24) is 19.9 Å². The second-order valence-corrected chi connectivity index (χ2v) is 4.99. The number of rotatable bonds is 0. The summed E-state index contributed by atoms with van der Waals surface area (Å²) in [5, 5.41) is 3.36. The molecule has 0 radical (unpaired) electrons. The van der Waals surface area contributed by atoms with Crippen LogP contribution in [0.4, 0.5) is 0 Å². The molecular weight excluding hydrogens is 248 g/mol. The number of pyridine rings is 2. The SMILES string of the molecule is c1ccc2c(c1)[nH]c1c2ncc2c3cnccc3[nH]c21. The first kappa shape index (κ1) is 9.97. The van der Waals surface area contributed by atoms with Crippen LogP contribution in [-0.4, -0.2) is 19.9 Å². The van der Waals surface area contributed by atoms with Crippen LogP contribution in [0.1, 0.15) is 0 Å². The third kappa shape index (κ3) is 1.11. The molecule has 0 atom stereocenters. The fourth-order valence-corrected chi connectivity index (χ4v) is 2.96. The molecule has 2 N–H and O–H groups in total. The first-order chi connectivity index (χ1) is 9.92. The summed E-state index contributed by atoms with van der Waals surface area (Å²) in [4.78, 5) is 15.8. The molecular formula is C16H10N4. The highest BCUT2D eigenvalue weighted by molar-refractivity contribution is 6.19. The molecule has 0 saturated carbocycles. The Bertz CT molecular complexity index is 1010. The van der Waals surface area contributed by atoms with Gasteiger partial charge in [-0.3, -0.25) is 9.97 Å². The van der Waals surface area contributed by atoms with Crippen molar-refractivity contribution in [3.63, 3.8) is 0 Å². The maximum Gasteiger partial charge on any atom is 0.0979 e. The van der Waals surface area contributed by atoms with E-state index >= 15 is 0 Å². The Hall–Kier alpha value is -2.88. The first-order valence-electron chi connectivity index (χ1n) is 6.52. The number of para-hydroxylation sites is 1. The summed E-state index contributed by atoms with van der Waals surface area (Å²) >= 11 is 0. The van der Waals surface area contributed by atoms with Gasteiger partial charge in [0.2, 0.25) is 0 Å². The summed E-state index contributed by atoms with van der Waals surface area (Å²) in [5.41, 5.74) is 5.35. The molecule has 4 heteroatoms. The smallest absolute Gasteiger partial charge is 0.0979 e. The minimum atomic E-state index is 1.01. The molecule has 0 aliphatic rings. The highest BCUT2D eigenvalue weighted by Gasteiger charge is 2.12. The normalized spacial score (nSPS) is 12.0. The number of aromatic nitrogens is 4. The Morgan fingerprint density at radius 1 is 0.750 bits per heavy atom. The summed E-state index contributed by atoms with van der Waals surface area (Å²) in [6.07, 6.45) is 5.61. The number of nitrogens with zero attached hydrogens (tertiary/aromatic N) is 2. The molecule has 5 rings (SSSR count). The van der Waals surface area contributed by atoms with E-state index in [1.165, 1.54) is 0 Å². The zero-order chi connectivity index (χ0) is 13.1. The number of hydrogen-bond donors (Lipinski definition) is 2. The van der Waals surface area contributed by atoms with Gasteiger partial charge in [0.1, 0.15) is 0 Å². The molecule has 20 heavy (non-hydrogen) atoms. The van der Waals surface area contributed by atoms with Gasteiger partial charge in [0.25, 0.3) is 0 Å². The van der Waals surface area contributed by atoms with Crippen molar-refractivity contribution in [3.8, 4) is 0 Å². The molecule has 4 aromatic heterocycles. The van der Waals surface area contributed by atoms with Crippen molar-refractivity contribution in [2.45, 2.75) is 0 Å². The van der Waals surface area contributed by atoms with Crippen molar-refractivity contribution in [1.29, 1.82) is 0 Å². The molecule has 4 heterocycles. The Morgan fingerprint density at radius 3 is 2.60 bits per heavy atom. The van der Waals surface area contributed by atoms with Gasteiger partial charge >= 0.3 is 0 Å². The quantitative estimate of drug-likeness (QED) is 0.444. The van der Waals surface area contributed by atoms with E-state index in [9.17, 15) is 0 Å². The molecule has 0 spiro atoms. The lowest BCUT2D eigenvalue weighted by Gasteiger charge is -1.93. The van der Waals surface area contributed by atoms with Gasteiger partial charge in [-0.05, 0) is 12.1 Å². The van der Waals surface area contributed by atoms with Crippen molar-refractivity contribution in [2.75, 3.05) is 0 Å². The number of benzene rings is 1. The summed E-state index contributed by atoms with van der Waals surface area (Å²) < 4.78 is 0. The largest absolute Gasteiger partial charge is 0.353 e. The monoisotopic (exact) mass is 258 g/mol. The van der Waals surface area contributed by atoms with E-state index in [2.05, 4.69) is 32.1 Å². The standard InChI is InChI=1S/C16H10N4/c1-2-4-12-9(3-1)14-16(20-12)15-11(8-18-14)10-7-17-6-5-13(10)19-15/h1-8,19-20H. The lowest BCUT2D eigenvalue weighted by molar-refractivity contribution is 1.36. The fourth-order valence-electron chi connectivity index (χ4n) is 2.96. The Morgan fingerprint density at radius 2 is 1.60 bits per heavy atom. The Balaban J connectivity index is 2.10. The average Bonchev–Trinajstić information content (AvgIpc) is 3.05. The topological polar surface area (TPSA) is 57.4 Å². The Kier molecular flexibility index (Phi) is 1.68. The van der Waals surface area contributed by atoms with Crippen LogP contribution in [0.5, 0.6) is 0 Å². The van der Waals surface area contributed by atoms with Gasteiger partial charge < -0.3 is 9.97 Å². The van der Waals surface area contributed by atoms with E-state index in [1.54, 1.807) is 6.20 Å². The second kappa shape index (κ2) is 3.36. The van der Waals surface area contributed by atoms with E-state index in [1.807, 2.05) is 30.6 Å². The molecule has 5 aromatic rings. The van der Waals surface area contributed by atoms with E-state index in [0.717, 1.165) is 43.7 Å². The van der Waals surface area contributed by atoms with Gasteiger partial charge in [-0.2, -0.15) is 0 Å². The molecule has 0 aliphatic carbocycles. The average molecular weight is 258 g/mol. The molecule has 0 saturated heterocycles. The molecule has 0 unspecified atom stereocenters. The zero-order valence-corrected chi connectivity index (χ0v) is 10.5. The summed E-state index contributed by atoms with van der Waals surface area (Å²) in [5.74, 6) is 0. The van der Waals surface area contributed by atoms with Gasteiger partial charge in [-0.1, -0.05) is 18.2 Å². The van der Waals surface area contributed by atoms with Crippen LogP contribution in [0.2, 0.25) is 0 Å². The summed E-state index contributed by atoms with van der Waals surface area (Å²) in [7, 11) is 0. The van der Waals surface area contributed by atoms with Gasteiger partial charge in [0.15, 0.2) is 0 Å². The Labute approximate surface area is 113 Å². The molecule has 0 fully saturated rings. The van der Waals surface area contributed by atoms with Crippen molar-refractivity contribution in [2.24, 2.45) is 0 Å². The third-order valence-electron chi connectivity index (χ3n) is 3.89. The molecule has 0 amide bonds. The minimum absolute atomic E-state index is 1.01. The van der Waals surface area contributed by atoms with Crippen LogP contribution in [0, 0.1) is 0 Å². The van der Waals surface area contributed by atoms with Crippen molar-refractivity contribution >= 4 is 43.7 Å². The highest BCUT2D eigenvalue weighted by Crippen LogP contribution is 2.32. The second-order valence-electron chi connectivity index (χ2n) is 4.99. The van der Waals surface area contributed by atoms with Gasteiger partial charge in [0.05, 0.1) is 16.6 Å². The van der Waals surface area contributed by atoms with Crippen molar-refractivity contribution in [3.05, 3.63) is 48.9 Å². The number of nitrogens with one attached hydrogen (secondary N) is 2. The molecule has 94 valence electrons. The van der Waals surface area contributed by atoms with Gasteiger partial charge in [-0.15, -0.1) is 0 Å². The number of H-pyrrole nitrogens is 2. The van der Waals surface area contributed by atoms with Crippen molar-refractivity contribution < 1.29 is 0 Å². The van der Waals surface area contributed by atoms with Gasteiger partial charge in [0, 0.05) is 45.8 Å². The number of hydrogen-bond acceptors (Lipinski definition) is 2.